The van der Waals surface area contributed by atoms with E-state index in [0.29, 0.717) is 0 Å². The van der Waals surface area contributed by atoms with E-state index in [4.69, 9.17) is 0 Å². The van der Waals surface area contributed by atoms with Crippen molar-refractivity contribution >= 4 is 5.69 Å². The SMILES string of the molecule is Cc1cc(C)cn(C)[nH]c(C#Cc2ccccc2N(C)C)c1. The lowest BCUT2D eigenvalue weighted by Crippen LogP contribution is -2.10. The van der Waals surface area contributed by atoms with E-state index in [9.17, 15) is 0 Å². The van der Waals surface area contributed by atoms with Gasteiger partial charge in [-0.2, -0.15) is 0 Å². The van der Waals surface area contributed by atoms with Gasteiger partial charge in [0.1, 0.15) is 5.69 Å². The van der Waals surface area contributed by atoms with Gasteiger partial charge >= 0.3 is 0 Å². The summed E-state index contributed by atoms with van der Waals surface area (Å²) in [5.74, 6) is 6.51. The Morgan fingerprint density at radius 3 is 2.45 bits per heavy atom. The molecule has 0 aliphatic carbocycles. The molecule has 3 nitrogen and oxygen atoms in total. The monoisotopic (exact) mass is 293 g/mol. The Kier molecular flexibility index (Phi) is 4.95. The highest BCUT2D eigenvalue weighted by atomic mass is 15.2. The van der Waals surface area contributed by atoms with Crippen LogP contribution in [0.15, 0.2) is 42.6 Å². The first-order valence-electron chi connectivity index (χ1n) is 7.32. The van der Waals surface area contributed by atoms with Gasteiger partial charge in [0.25, 0.3) is 0 Å². The number of aromatic amines is 1. The fourth-order valence-electron chi connectivity index (χ4n) is 2.39. The van der Waals surface area contributed by atoms with Crippen molar-refractivity contribution in [2.45, 2.75) is 13.8 Å². The quantitative estimate of drug-likeness (QED) is 0.799. The highest BCUT2D eigenvalue weighted by molar-refractivity contribution is 5.60. The molecule has 3 heteroatoms. The van der Waals surface area contributed by atoms with Crippen molar-refractivity contribution in [3.63, 3.8) is 0 Å². The summed E-state index contributed by atoms with van der Waals surface area (Å²) in [5, 5.41) is 3.29. The first-order valence-corrected chi connectivity index (χ1v) is 7.32. The highest BCUT2D eigenvalue weighted by Gasteiger charge is 1.99. The molecule has 0 fully saturated rings. The fourth-order valence-corrected chi connectivity index (χ4v) is 2.39. The Morgan fingerprint density at radius 1 is 1.00 bits per heavy atom. The number of para-hydroxylation sites is 1. The van der Waals surface area contributed by atoms with Gasteiger partial charge in [0, 0.05) is 32.9 Å². The second-order valence-electron chi connectivity index (χ2n) is 5.70. The van der Waals surface area contributed by atoms with Crippen molar-refractivity contribution in [2.24, 2.45) is 7.05 Å². The van der Waals surface area contributed by atoms with Gasteiger partial charge in [-0.3, -0.25) is 9.78 Å². The van der Waals surface area contributed by atoms with Gasteiger partial charge < -0.3 is 4.90 Å². The Labute approximate surface area is 132 Å². The van der Waals surface area contributed by atoms with E-state index in [-0.39, 0.29) is 0 Å². The van der Waals surface area contributed by atoms with Crippen molar-refractivity contribution in [2.75, 3.05) is 19.0 Å². The second kappa shape index (κ2) is 6.91. The molecule has 114 valence electrons. The average Bonchev–Trinajstić information content (AvgIpc) is 2.43. The minimum Gasteiger partial charge on any atom is -0.377 e. The molecule has 0 unspecified atom stereocenters. The van der Waals surface area contributed by atoms with Crippen molar-refractivity contribution in [3.8, 4) is 11.8 Å². The summed E-state index contributed by atoms with van der Waals surface area (Å²) < 4.78 is 1.93. The lowest BCUT2D eigenvalue weighted by atomic mass is 10.1. The molecule has 0 saturated heterocycles. The van der Waals surface area contributed by atoms with Gasteiger partial charge in [-0.15, -0.1) is 0 Å². The summed E-state index contributed by atoms with van der Waals surface area (Å²) in [7, 11) is 6.03. The van der Waals surface area contributed by atoms with E-state index in [2.05, 4.69) is 53.9 Å². The molecule has 1 aromatic carbocycles. The molecular weight excluding hydrogens is 270 g/mol. The Morgan fingerprint density at radius 2 is 1.73 bits per heavy atom. The Hall–Kier alpha value is -2.60. The summed E-state index contributed by atoms with van der Waals surface area (Å²) in [6.07, 6.45) is 2.05. The van der Waals surface area contributed by atoms with Crippen LogP contribution in [0, 0.1) is 25.7 Å². The van der Waals surface area contributed by atoms with Gasteiger partial charge in [-0.1, -0.05) is 24.1 Å². The molecule has 0 spiro atoms. The molecule has 0 aliphatic heterocycles. The molecule has 1 N–H and O–H groups in total. The van der Waals surface area contributed by atoms with Crippen LogP contribution in [0.2, 0.25) is 0 Å². The zero-order valence-electron chi connectivity index (χ0n) is 13.9. The van der Waals surface area contributed by atoms with Gasteiger partial charge in [-0.05, 0) is 49.1 Å². The van der Waals surface area contributed by atoms with Gasteiger partial charge in [0.2, 0.25) is 0 Å². The zero-order chi connectivity index (χ0) is 16.1. The van der Waals surface area contributed by atoms with E-state index in [1.807, 2.05) is 50.2 Å². The highest BCUT2D eigenvalue weighted by Crippen LogP contribution is 2.16. The number of nitrogens with zero attached hydrogens (tertiary/aromatic N) is 2. The van der Waals surface area contributed by atoms with Gasteiger partial charge in [-0.25, -0.2) is 0 Å². The maximum absolute atomic E-state index is 3.29. The molecule has 0 amide bonds. The first-order chi connectivity index (χ1) is 10.5. The topological polar surface area (TPSA) is 24.0 Å². The molecule has 0 aliphatic rings. The molecule has 1 heterocycles. The lowest BCUT2D eigenvalue weighted by Gasteiger charge is -2.13. The van der Waals surface area contributed by atoms with Crippen LogP contribution in [-0.4, -0.2) is 23.9 Å². The average molecular weight is 293 g/mol. The number of benzene rings is 1. The number of hydrogen-bond donors (Lipinski definition) is 1. The van der Waals surface area contributed by atoms with E-state index >= 15 is 0 Å². The number of hydrogen-bond acceptors (Lipinski definition) is 1. The van der Waals surface area contributed by atoms with Crippen molar-refractivity contribution in [3.05, 3.63) is 65.0 Å². The van der Waals surface area contributed by atoms with E-state index in [1.54, 1.807) is 0 Å². The molecule has 0 saturated carbocycles. The number of anilines is 1. The summed E-state index contributed by atoms with van der Waals surface area (Å²) in [6.45, 7) is 4.17. The molecular formula is C19H23N3. The molecule has 22 heavy (non-hydrogen) atoms. The molecule has 0 radical (unpaired) electrons. The number of rotatable bonds is 1. The van der Waals surface area contributed by atoms with Crippen molar-refractivity contribution in [1.82, 2.24) is 9.78 Å². The second-order valence-corrected chi connectivity index (χ2v) is 5.70. The van der Waals surface area contributed by atoms with Crippen LogP contribution in [0.25, 0.3) is 0 Å². The maximum atomic E-state index is 3.29. The minimum absolute atomic E-state index is 0.883. The Bertz CT molecular complexity index is 737. The van der Waals surface area contributed by atoms with Crippen LogP contribution < -0.4 is 4.90 Å². The summed E-state index contributed by atoms with van der Waals surface area (Å²) >= 11 is 0. The summed E-state index contributed by atoms with van der Waals surface area (Å²) in [4.78, 5) is 2.08. The predicted molar refractivity (Wildman–Crippen MR) is 93.6 cm³/mol. The van der Waals surface area contributed by atoms with Crippen molar-refractivity contribution in [1.29, 1.82) is 0 Å². The van der Waals surface area contributed by atoms with Crippen LogP contribution in [0.3, 0.4) is 0 Å². The maximum Gasteiger partial charge on any atom is 0.105 e. The first kappa shape index (κ1) is 15.8. The lowest BCUT2D eigenvalue weighted by molar-refractivity contribution is 0.735. The Balaban J connectivity index is 2.49. The normalized spacial score (nSPS) is 9.68. The molecule has 2 rings (SSSR count). The predicted octanol–water partition coefficient (Wildman–Crippen LogP) is 3.56. The van der Waals surface area contributed by atoms with Gasteiger partial charge in [0.05, 0.1) is 5.69 Å². The molecule has 0 bridgehead atoms. The van der Waals surface area contributed by atoms with E-state index in [0.717, 1.165) is 16.9 Å². The van der Waals surface area contributed by atoms with Crippen LogP contribution in [0.1, 0.15) is 22.4 Å². The number of H-pyrrole nitrogens is 1. The molecule has 1 aromatic heterocycles. The largest absolute Gasteiger partial charge is 0.377 e. The molecule has 2 aromatic rings. The van der Waals surface area contributed by atoms with Crippen LogP contribution in [0.5, 0.6) is 0 Å². The van der Waals surface area contributed by atoms with Crippen LogP contribution >= 0.6 is 0 Å². The molecule has 0 atom stereocenters. The van der Waals surface area contributed by atoms with Crippen LogP contribution in [0.4, 0.5) is 5.69 Å². The summed E-state index contributed by atoms with van der Waals surface area (Å²) in [6, 6.07) is 12.4. The number of nitrogens with one attached hydrogen (secondary N) is 1. The third kappa shape index (κ3) is 4.20. The number of aryl methyl sites for hydroxylation is 3. The zero-order valence-corrected chi connectivity index (χ0v) is 13.9. The standard InChI is InChI=1S/C19H23N3/c1-15-12-16(2)14-22(5)20-18(13-15)11-10-17-8-6-7-9-19(17)21(3)4/h6-9,12-14,20H,1-5H3. The van der Waals surface area contributed by atoms with Crippen molar-refractivity contribution < 1.29 is 0 Å². The fraction of sp³-hybridized carbons (Fsp3) is 0.263. The smallest absolute Gasteiger partial charge is 0.105 e. The number of aromatic nitrogens is 2. The minimum atomic E-state index is 0.883. The van der Waals surface area contributed by atoms with Gasteiger partial charge in [0.15, 0.2) is 0 Å². The van der Waals surface area contributed by atoms with Crippen LogP contribution in [-0.2, 0) is 7.05 Å². The summed E-state index contributed by atoms with van der Waals surface area (Å²) in [5.41, 5.74) is 5.41. The van der Waals surface area contributed by atoms with E-state index < -0.39 is 0 Å². The third-order valence-electron chi connectivity index (χ3n) is 3.24. The third-order valence-corrected chi connectivity index (χ3v) is 3.24. The van der Waals surface area contributed by atoms with E-state index in [1.165, 1.54) is 11.1 Å².